The van der Waals surface area contributed by atoms with Gasteiger partial charge in [-0.1, -0.05) is 0 Å². The number of carbonyl (C=O) groups excluding carboxylic acids is 1. The number of hydrogen-bond donors (Lipinski definition) is 2. The molecule has 2 aromatic rings. The number of alkyl halides is 3. The third-order valence-electron chi connectivity index (χ3n) is 3.96. The summed E-state index contributed by atoms with van der Waals surface area (Å²) in [5.74, 6) is -0.135. The van der Waals surface area contributed by atoms with Crippen LogP contribution in [-0.2, 0) is 4.74 Å². The normalized spacial score (nSPS) is 20.0. The lowest BCUT2D eigenvalue weighted by Crippen LogP contribution is -2.36. The van der Waals surface area contributed by atoms with Crippen LogP contribution in [0, 0.1) is 0 Å². The van der Waals surface area contributed by atoms with Crippen LogP contribution < -0.4 is 10.6 Å². The molecule has 2 atom stereocenters. The summed E-state index contributed by atoms with van der Waals surface area (Å²) >= 11 is 0. The van der Waals surface area contributed by atoms with Crippen molar-refractivity contribution >= 4 is 11.7 Å². The summed E-state index contributed by atoms with van der Waals surface area (Å²) in [6.07, 6.45) is -2.26. The molecule has 0 radical (unpaired) electrons. The Morgan fingerprint density at radius 1 is 1.56 bits per heavy atom. The minimum atomic E-state index is -4.50. The lowest BCUT2D eigenvalue weighted by molar-refractivity contribution is -0.174. The molecule has 1 aliphatic rings. The van der Waals surface area contributed by atoms with E-state index in [1.54, 1.807) is 12.1 Å². The number of amides is 1. The Bertz CT molecular complexity index is 727. The maximum atomic E-state index is 13.5. The van der Waals surface area contributed by atoms with Crippen LogP contribution in [0.15, 0.2) is 29.0 Å². The van der Waals surface area contributed by atoms with Gasteiger partial charge in [0.2, 0.25) is 0 Å². The maximum Gasteiger partial charge on any atom is 0.410 e. The van der Waals surface area contributed by atoms with Gasteiger partial charge in [-0.2, -0.15) is 18.3 Å². The van der Waals surface area contributed by atoms with E-state index >= 15 is 0 Å². The first-order chi connectivity index (χ1) is 11.9. The van der Waals surface area contributed by atoms with Gasteiger partial charge in [0.25, 0.3) is 5.91 Å². The monoisotopic (exact) mass is 358 g/mol. The zero-order valence-electron chi connectivity index (χ0n) is 13.3. The van der Waals surface area contributed by atoms with Crippen LogP contribution >= 0.6 is 0 Å². The van der Waals surface area contributed by atoms with Crippen molar-refractivity contribution < 1.29 is 27.1 Å². The van der Waals surface area contributed by atoms with Crippen molar-refractivity contribution in [3.63, 3.8) is 0 Å². The largest absolute Gasteiger partial charge is 0.467 e. The average molecular weight is 358 g/mol. The summed E-state index contributed by atoms with van der Waals surface area (Å²) in [6, 6.07) is 0.634. The van der Waals surface area contributed by atoms with Gasteiger partial charge in [0.1, 0.15) is 17.1 Å². The van der Waals surface area contributed by atoms with Crippen molar-refractivity contribution in [1.29, 1.82) is 0 Å². The summed E-state index contributed by atoms with van der Waals surface area (Å²) < 4.78 is 51.2. The number of nitrogens with zero attached hydrogens (tertiary/aromatic N) is 2. The molecular weight excluding hydrogens is 341 g/mol. The van der Waals surface area contributed by atoms with Crippen molar-refractivity contribution in [2.75, 3.05) is 25.6 Å². The van der Waals surface area contributed by atoms with Crippen LogP contribution in [0.3, 0.4) is 0 Å². The van der Waals surface area contributed by atoms with E-state index in [1.807, 2.05) is 0 Å². The second-order valence-electron chi connectivity index (χ2n) is 5.61. The standard InChI is InChI=1S/C15H17F3N4O3/c1-24-6-4-19-14(23)9-8-20-22-12(15(16,17)18)7-10(21-13(9)22)11-3-2-5-25-11/h2-3,5,8,10,12,21H,4,6-7H2,1H3,(H,19,23)/t10-,12+/m0/s1. The van der Waals surface area contributed by atoms with E-state index in [0.717, 1.165) is 10.9 Å². The minimum absolute atomic E-state index is 0.0184. The van der Waals surface area contributed by atoms with Crippen LogP contribution in [0.5, 0.6) is 0 Å². The summed E-state index contributed by atoms with van der Waals surface area (Å²) in [4.78, 5) is 12.2. The van der Waals surface area contributed by atoms with Gasteiger partial charge in [0.15, 0.2) is 6.04 Å². The van der Waals surface area contributed by atoms with E-state index < -0.39 is 24.2 Å². The number of halogens is 3. The highest BCUT2D eigenvalue weighted by Gasteiger charge is 2.47. The molecule has 0 bridgehead atoms. The first-order valence-corrected chi connectivity index (χ1v) is 7.63. The van der Waals surface area contributed by atoms with Crippen molar-refractivity contribution in [2.24, 2.45) is 0 Å². The molecule has 7 nitrogen and oxygen atoms in total. The molecule has 0 fully saturated rings. The molecule has 25 heavy (non-hydrogen) atoms. The molecule has 1 amide bonds. The molecule has 0 aliphatic carbocycles. The third kappa shape index (κ3) is 3.48. The predicted octanol–water partition coefficient (Wildman–Crippen LogP) is 2.51. The molecule has 1 aliphatic heterocycles. The lowest BCUT2D eigenvalue weighted by Gasteiger charge is -2.32. The number of nitrogens with one attached hydrogen (secondary N) is 2. The van der Waals surface area contributed by atoms with Crippen LogP contribution in [0.25, 0.3) is 0 Å². The van der Waals surface area contributed by atoms with Crippen LogP contribution in [0.2, 0.25) is 0 Å². The highest BCUT2D eigenvalue weighted by atomic mass is 19.4. The molecule has 0 saturated carbocycles. The number of ether oxygens (including phenoxy) is 1. The SMILES string of the molecule is COCCNC(=O)c1cnn2c1N[C@H](c1ccco1)C[C@@H]2C(F)(F)F. The fraction of sp³-hybridized carbons (Fsp3) is 0.467. The molecular formula is C15H17F3N4O3. The lowest BCUT2D eigenvalue weighted by atomic mass is 10.0. The van der Waals surface area contributed by atoms with E-state index in [4.69, 9.17) is 9.15 Å². The molecule has 3 rings (SSSR count). The second kappa shape index (κ2) is 6.79. The molecule has 0 saturated heterocycles. The third-order valence-corrected chi connectivity index (χ3v) is 3.96. The van der Waals surface area contributed by atoms with Gasteiger partial charge < -0.3 is 19.8 Å². The first kappa shape index (κ1) is 17.3. The van der Waals surface area contributed by atoms with Gasteiger partial charge in [-0.25, -0.2) is 4.68 Å². The molecule has 136 valence electrons. The summed E-state index contributed by atoms with van der Waals surface area (Å²) in [7, 11) is 1.48. The van der Waals surface area contributed by atoms with Gasteiger partial charge in [0.05, 0.1) is 25.1 Å². The molecule has 0 spiro atoms. The van der Waals surface area contributed by atoms with E-state index in [0.29, 0.717) is 12.4 Å². The average Bonchev–Trinajstić information content (AvgIpc) is 3.22. The van der Waals surface area contributed by atoms with Gasteiger partial charge in [-0.15, -0.1) is 0 Å². The van der Waals surface area contributed by atoms with E-state index in [9.17, 15) is 18.0 Å². The van der Waals surface area contributed by atoms with Crippen molar-refractivity contribution in [1.82, 2.24) is 15.1 Å². The Kier molecular flexibility index (Phi) is 4.71. The van der Waals surface area contributed by atoms with E-state index in [2.05, 4.69) is 15.7 Å². The van der Waals surface area contributed by atoms with E-state index in [-0.39, 0.29) is 24.3 Å². The van der Waals surface area contributed by atoms with Gasteiger partial charge in [-0.05, 0) is 12.1 Å². The Morgan fingerprint density at radius 2 is 2.36 bits per heavy atom. The Hall–Kier alpha value is -2.49. The molecule has 2 N–H and O–H groups in total. The Labute approximate surface area is 141 Å². The smallest absolute Gasteiger partial charge is 0.410 e. The number of rotatable bonds is 5. The van der Waals surface area contributed by atoms with Gasteiger partial charge in [0, 0.05) is 20.1 Å². The number of methoxy groups -OCH3 is 1. The highest BCUT2D eigenvalue weighted by Crippen LogP contribution is 2.44. The summed E-state index contributed by atoms with van der Waals surface area (Å²) in [5.41, 5.74) is 0.0432. The van der Waals surface area contributed by atoms with Gasteiger partial charge in [-0.3, -0.25) is 4.79 Å². The number of hydrogen-bond acceptors (Lipinski definition) is 5. The summed E-state index contributed by atoms with van der Waals surface area (Å²) in [5, 5.41) is 9.29. The number of fused-ring (bicyclic) bond motifs is 1. The van der Waals surface area contributed by atoms with Crippen molar-refractivity contribution in [2.45, 2.75) is 24.7 Å². The van der Waals surface area contributed by atoms with Crippen LogP contribution in [0.4, 0.5) is 19.0 Å². The predicted molar refractivity (Wildman–Crippen MR) is 81.2 cm³/mol. The molecule has 0 aromatic carbocycles. The fourth-order valence-electron chi connectivity index (χ4n) is 2.77. The first-order valence-electron chi connectivity index (χ1n) is 7.63. The van der Waals surface area contributed by atoms with Gasteiger partial charge >= 0.3 is 6.18 Å². The van der Waals surface area contributed by atoms with E-state index in [1.165, 1.54) is 13.4 Å². The molecule has 3 heterocycles. The zero-order valence-corrected chi connectivity index (χ0v) is 13.3. The molecule has 2 aromatic heterocycles. The highest BCUT2D eigenvalue weighted by molar-refractivity contribution is 5.98. The topological polar surface area (TPSA) is 81.3 Å². The number of aromatic nitrogens is 2. The van der Waals surface area contributed by atoms with Crippen LogP contribution in [-0.4, -0.2) is 42.1 Å². The zero-order chi connectivity index (χ0) is 18.0. The number of anilines is 1. The Morgan fingerprint density at radius 3 is 3.00 bits per heavy atom. The number of furan rings is 1. The van der Waals surface area contributed by atoms with Crippen molar-refractivity contribution in [3.05, 3.63) is 35.9 Å². The van der Waals surface area contributed by atoms with Crippen molar-refractivity contribution in [3.8, 4) is 0 Å². The summed E-state index contributed by atoms with van der Waals surface area (Å²) in [6.45, 7) is 0.535. The molecule has 0 unspecified atom stereocenters. The molecule has 10 heteroatoms. The Balaban J connectivity index is 1.92. The quantitative estimate of drug-likeness (QED) is 0.803. The maximum absolute atomic E-state index is 13.5. The fourth-order valence-corrected chi connectivity index (χ4v) is 2.77. The minimum Gasteiger partial charge on any atom is -0.467 e. The van der Waals surface area contributed by atoms with Crippen LogP contribution in [0.1, 0.15) is 34.6 Å². The number of carbonyl (C=O) groups is 1. The second-order valence-corrected chi connectivity index (χ2v) is 5.61.